The van der Waals surface area contributed by atoms with E-state index in [-0.39, 0.29) is 0 Å². The molecule has 9 heavy (non-hydrogen) atoms. The summed E-state index contributed by atoms with van der Waals surface area (Å²) in [5, 5.41) is 0. The first-order chi connectivity index (χ1) is 4.30. The van der Waals surface area contributed by atoms with Crippen LogP contribution in [0.5, 0.6) is 0 Å². The Labute approximate surface area is 70.2 Å². The van der Waals surface area contributed by atoms with E-state index in [2.05, 4.69) is 31.2 Å². The van der Waals surface area contributed by atoms with Crippen molar-refractivity contribution in [2.45, 2.75) is 6.92 Å². The minimum absolute atomic E-state index is 1.37. The van der Waals surface area contributed by atoms with Crippen molar-refractivity contribution in [1.82, 2.24) is 0 Å². The van der Waals surface area contributed by atoms with E-state index in [1.807, 2.05) is 6.07 Å². The fourth-order valence-corrected chi connectivity index (χ4v) is 1.10. The molecule has 0 aromatic heterocycles. The summed E-state index contributed by atoms with van der Waals surface area (Å²) in [6.45, 7) is 2.16. The van der Waals surface area contributed by atoms with Gasteiger partial charge in [0.15, 0.2) is 0 Å². The van der Waals surface area contributed by atoms with Crippen LogP contribution in [0.25, 0.3) is 0 Å². The molecule has 42 valence electrons. The van der Waals surface area contributed by atoms with Crippen LogP contribution >= 0.6 is 0 Å². The predicted molar refractivity (Wildman–Crippen MR) is 36.2 cm³/mol. The average Bonchev–Trinajstić information content (AvgIpc) is 1.90. The maximum absolute atomic E-state index is 2.16. The Morgan fingerprint density at radius 1 is 1.22 bits per heavy atom. The van der Waals surface area contributed by atoms with Gasteiger partial charge in [-0.15, -0.1) is 0 Å². The summed E-state index contributed by atoms with van der Waals surface area (Å²) in [6, 6.07) is 10.5. The molecule has 1 aromatic carbocycles. The van der Waals surface area contributed by atoms with Gasteiger partial charge in [0.05, 0.1) is 0 Å². The summed E-state index contributed by atoms with van der Waals surface area (Å²) < 4.78 is 1.46. The molecule has 0 bridgehead atoms. The first kappa shape index (κ1) is 7.08. The molecule has 0 radical (unpaired) electrons. The number of rotatable bonds is 1. The SMILES string of the molecule is C[C](=[Zr+2])c1ccccc1. The standard InChI is InChI=1S/C8H8.Zr/c1-2-8-6-4-3-5-7-8;/h3-7H,1H3;/q;+2. The van der Waals surface area contributed by atoms with Crippen LogP contribution in [0.2, 0.25) is 0 Å². The second-order valence-electron chi connectivity index (χ2n) is 1.99. The molecule has 0 aliphatic carbocycles. The topological polar surface area (TPSA) is 0 Å². The van der Waals surface area contributed by atoms with Crippen molar-refractivity contribution < 1.29 is 24.2 Å². The molecule has 0 saturated heterocycles. The second kappa shape index (κ2) is 3.22. The molecule has 0 heterocycles. The molecule has 0 fully saturated rings. The fraction of sp³-hybridized carbons (Fsp3) is 0.125. The molecule has 0 aliphatic rings. The van der Waals surface area contributed by atoms with Crippen LogP contribution in [0.4, 0.5) is 0 Å². The van der Waals surface area contributed by atoms with Crippen LogP contribution in [0.3, 0.4) is 0 Å². The van der Waals surface area contributed by atoms with Crippen molar-refractivity contribution in [3.05, 3.63) is 35.9 Å². The Bertz CT molecular complexity index is 201. The Hall–Kier alpha value is -0.0269. The van der Waals surface area contributed by atoms with Crippen LogP contribution < -0.4 is 0 Å². The minimum atomic E-state index is 1.37. The van der Waals surface area contributed by atoms with Crippen LogP contribution in [0, 0.1) is 0 Å². The average molecular weight is 195 g/mol. The molecule has 0 nitrogen and oxygen atoms in total. The number of hydrogen-bond donors (Lipinski definition) is 0. The molecule has 0 unspecified atom stereocenters. The van der Waals surface area contributed by atoms with Gasteiger partial charge < -0.3 is 0 Å². The normalized spacial score (nSPS) is 9.22. The summed E-state index contributed by atoms with van der Waals surface area (Å²) in [5.74, 6) is 0. The molecule has 0 aliphatic heterocycles. The van der Waals surface area contributed by atoms with Crippen molar-refractivity contribution in [3.8, 4) is 0 Å². The van der Waals surface area contributed by atoms with Gasteiger partial charge in [0.2, 0.25) is 0 Å². The summed E-state index contributed by atoms with van der Waals surface area (Å²) >= 11 is 1.51. The molecular weight excluding hydrogens is 187 g/mol. The van der Waals surface area contributed by atoms with Gasteiger partial charge in [-0.1, -0.05) is 0 Å². The molecule has 1 aromatic rings. The van der Waals surface area contributed by atoms with Crippen molar-refractivity contribution in [1.29, 1.82) is 0 Å². The third kappa shape index (κ3) is 1.98. The number of hydrogen-bond acceptors (Lipinski definition) is 0. The van der Waals surface area contributed by atoms with E-state index in [0.29, 0.717) is 0 Å². The first-order valence-corrected chi connectivity index (χ1v) is 4.14. The van der Waals surface area contributed by atoms with Gasteiger partial charge in [-0.05, 0) is 0 Å². The van der Waals surface area contributed by atoms with Crippen LogP contribution in [-0.2, 0) is 24.2 Å². The van der Waals surface area contributed by atoms with Gasteiger partial charge >= 0.3 is 70.3 Å². The molecule has 0 amide bonds. The van der Waals surface area contributed by atoms with Gasteiger partial charge in [0, 0.05) is 0 Å². The molecule has 0 spiro atoms. The van der Waals surface area contributed by atoms with Gasteiger partial charge in [0.1, 0.15) is 0 Å². The van der Waals surface area contributed by atoms with Gasteiger partial charge in [-0.3, -0.25) is 0 Å². The fourth-order valence-electron chi connectivity index (χ4n) is 0.688. The van der Waals surface area contributed by atoms with Crippen LogP contribution in [-0.4, -0.2) is 3.21 Å². The molecular formula is C8H8Zr+2. The van der Waals surface area contributed by atoms with Crippen molar-refractivity contribution in [2.24, 2.45) is 0 Å². The van der Waals surface area contributed by atoms with Crippen LogP contribution in [0.1, 0.15) is 12.5 Å². The summed E-state index contributed by atoms with van der Waals surface area (Å²) in [4.78, 5) is 0. The maximum atomic E-state index is 2.16. The Kier molecular flexibility index (Phi) is 2.53. The van der Waals surface area contributed by atoms with Crippen molar-refractivity contribution in [2.75, 3.05) is 0 Å². The van der Waals surface area contributed by atoms with Gasteiger partial charge in [-0.25, -0.2) is 0 Å². The van der Waals surface area contributed by atoms with Crippen molar-refractivity contribution >= 4 is 3.21 Å². The summed E-state index contributed by atoms with van der Waals surface area (Å²) in [5.41, 5.74) is 1.37. The van der Waals surface area contributed by atoms with Gasteiger partial charge in [-0.2, -0.15) is 0 Å². The van der Waals surface area contributed by atoms with E-state index in [0.717, 1.165) is 0 Å². The van der Waals surface area contributed by atoms with E-state index >= 15 is 0 Å². The van der Waals surface area contributed by atoms with E-state index in [9.17, 15) is 0 Å². The van der Waals surface area contributed by atoms with Gasteiger partial charge in [0.25, 0.3) is 0 Å². The Morgan fingerprint density at radius 2 is 1.78 bits per heavy atom. The molecule has 1 heteroatoms. The Balaban J connectivity index is 2.98. The molecule has 0 saturated carbocycles. The quantitative estimate of drug-likeness (QED) is 0.641. The zero-order valence-electron chi connectivity index (χ0n) is 5.39. The zero-order valence-corrected chi connectivity index (χ0v) is 7.84. The first-order valence-electron chi connectivity index (χ1n) is 2.91. The molecule has 0 N–H and O–H groups in total. The predicted octanol–water partition coefficient (Wildman–Crippen LogP) is 1.77. The molecule has 1 rings (SSSR count). The third-order valence-corrected chi connectivity index (χ3v) is 1.92. The zero-order chi connectivity index (χ0) is 6.69. The molecule has 0 atom stereocenters. The van der Waals surface area contributed by atoms with E-state index in [1.165, 1.54) is 33.0 Å². The monoisotopic (exact) mass is 194 g/mol. The third-order valence-electron chi connectivity index (χ3n) is 1.21. The summed E-state index contributed by atoms with van der Waals surface area (Å²) in [6.07, 6.45) is 0. The summed E-state index contributed by atoms with van der Waals surface area (Å²) in [7, 11) is 0. The Morgan fingerprint density at radius 3 is 2.11 bits per heavy atom. The van der Waals surface area contributed by atoms with E-state index in [4.69, 9.17) is 0 Å². The van der Waals surface area contributed by atoms with E-state index in [1.54, 1.807) is 0 Å². The van der Waals surface area contributed by atoms with Crippen LogP contribution in [0.15, 0.2) is 30.3 Å². The second-order valence-corrected chi connectivity index (χ2v) is 3.83. The number of benzene rings is 1. The van der Waals surface area contributed by atoms with Crippen molar-refractivity contribution in [3.63, 3.8) is 0 Å². The van der Waals surface area contributed by atoms with E-state index < -0.39 is 0 Å².